The van der Waals surface area contributed by atoms with Gasteiger partial charge in [0.2, 0.25) is 27.7 Å². The van der Waals surface area contributed by atoms with Crippen LogP contribution in [0.15, 0.2) is 29.2 Å². The summed E-state index contributed by atoms with van der Waals surface area (Å²) in [4.78, 5) is 36.3. The van der Waals surface area contributed by atoms with Gasteiger partial charge in [0.15, 0.2) is 0 Å². The summed E-state index contributed by atoms with van der Waals surface area (Å²) in [6.45, 7) is 4.77. The van der Waals surface area contributed by atoms with Crippen molar-refractivity contribution < 1.29 is 22.8 Å². The van der Waals surface area contributed by atoms with E-state index in [2.05, 4.69) is 5.32 Å². The number of benzene rings is 1. The van der Waals surface area contributed by atoms with E-state index in [-0.39, 0.29) is 36.1 Å². The molecule has 2 fully saturated rings. The first-order chi connectivity index (χ1) is 13.2. The SMILES string of the molecule is C[C@@H]1C[C@@H](C)CN(S(=O)(=O)c2ccc(NC(=O)CN3C(=O)CCC3=O)cc2)C1. The number of nitrogens with one attached hydrogen (secondary N) is 1. The molecule has 1 aromatic carbocycles. The molecule has 2 aliphatic heterocycles. The van der Waals surface area contributed by atoms with Gasteiger partial charge in [-0.15, -0.1) is 0 Å². The third-order valence-corrected chi connectivity index (χ3v) is 6.91. The van der Waals surface area contributed by atoms with Crippen LogP contribution in [0.5, 0.6) is 0 Å². The maximum Gasteiger partial charge on any atom is 0.244 e. The molecule has 0 radical (unpaired) electrons. The number of carbonyl (C=O) groups excluding carboxylic acids is 3. The Kier molecular flexibility index (Phi) is 5.85. The Morgan fingerprint density at radius 2 is 1.57 bits per heavy atom. The fraction of sp³-hybridized carbons (Fsp3) is 0.526. The minimum atomic E-state index is -3.58. The lowest BCUT2D eigenvalue weighted by Gasteiger charge is -2.34. The highest BCUT2D eigenvalue weighted by atomic mass is 32.2. The number of rotatable bonds is 5. The van der Waals surface area contributed by atoms with Crippen molar-refractivity contribution in [3.05, 3.63) is 24.3 Å². The van der Waals surface area contributed by atoms with Gasteiger partial charge >= 0.3 is 0 Å². The van der Waals surface area contributed by atoms with Crippen LogP contribution < -0.4 is 5.32 Å². The van der Waals surface area contributed by atoms with E-state index in [4.69, 9.17) is 0 Å². The highest BCUT2D eigenvalue weighted by Gasteiger charge is 2.32. The number of carbonyl (C=O) groups is 3. The van der Waals surface area contributed by atoms with Crippen molar-refractivity contribution in [2.75, 3.05) is 25.0 Å². The maximum absolute atomic E-state index is 12.9. The van der Waals surface area contributed by atoms with E-state index in [1.807, 2.05) is 13.8 Å². The standard InChI is InChI=1S/C19H25N3O5S/c1-13-9-14(2)11-21(10-13)28(26,27)16-5-3-15(4-6-16)20-17(23)12-22-18(24)7-8-19(22)25/h3-6,13-14H,7-12H2,1-2H3,(H,20,23)/t13-,14-/m1/s1. The molecule has 0 aromatic heterocycles. The summed E-state index contributed by atoms with van der Waals surface area (Å²) in [6, 6.07) is 5.94. The van der Waals surface area contributed by atoms with Crippen LogP contribution in [0.25, 0.3) is 0 Å². The molecule has 152 valence electrons. The lowest BCUT2D eigenvalue weighted by Crippen LogP contribution is -2.42. The van der Waals surface area contributed by atoms with Crippen molar-refractivity contribution in [1.29, 1.82) is 0 Å². The molecule has 2 atom stereocenters. The van der Waals surface area contributed by atoms with Gasteiger partial charge in [0.05, 0.1) is 4.90 Å². The van der Waals surface area contributed by atoms with Gasteiger partial charge in [0.1, 0.15) is 6.54 Å². The molecule has 28 heavy (non-hydrogen) atoms. The smallest absolute Gasteiger partial charge is 0.244 e. The molecule has 0 bridgehead atoms. The Morgan fingerprint density at radius 3 is 2.11 bits per heavy atom. The summed E-state index contributed by atoms with van der Waals surface area (Å²) in [5, 5.41) is 2.59. The fourth-order valence-electron chi connectivity index (χ4n) is 3.80. The van der Waals surface area contributed by atoms with Crippen molar-refractivity contribution in [3.8, 4) is 0 Å². The van der Waals surface area contributed by atoms with Gasteiger partial charge in [-0.2, -0.15) is 4.31 Å². The number of hydrogen-bond acceptors (Lipinski definition) is 5. The van der Waals surface area contributed by atoms with Gasteiger partial charge in [-0.1, -0.05) is 13.8 Å². The molecule has 0 aliphatic carbocycles. The lowest BCUT2D eigenvalue weighted by molar-refractivity contribution is -0.141. The molecule has 3 amide bonds. The highest BCUT2D eigenvalue weighted by Crippen LogP contribution is 2.27. The van der Waals surface area contributed by atoms with Crippen molar-refractivity contribution in [3.63, 3.8) is 0 Å². The number of likely N-dealkylation sites (tertiary alicyclic amines) is 1. The van der Waals surface area contributed by atoms with E-state index in [0.717, 1.165) is 11.3 Å². The van der Waals surface area contributed by atoms with E-state index in [0.29, 0.717) is 30.6 Å². The van der Waals surface area contributed by atoms with Crippen LogP contribution in [0.2, 0.25) is 0 Å². The zero-order valence-electron chi connectivity index (χ0n) is 16.1. The minimum Gasteiger partial charge on any atom is -0.325 e. The highest BCUT2D eigenvalue weighted by molar-refractivity contribution is 7.89. The summed E-state index contributed by atoms with van der Waals surface area (Å²) in [5.74, 6) is -0.586. The molecular weight excluding hydrogens is 382 g/mol. The van der Waals surface area contributed by atoms with Crippen LogP contribution in [-0.4, -0.2) is 55.0 Å². The Hall–Kier alpha value is -2.26. The molecule has 0 unspecified atom stereocenters. The molecule has 1 aromatic rings. The van der Waals surface area contributed by atoms with Crippen LogP contribution in [0, 0.1) is 11.8 Å². The van der Waals surface area contributed by atoms with Crippen LogP contribution >= 0.6 is 0 Å². The molecule has 2 aliphatic rings. The molecule has 1 N–H and O–H groups in total. The number of imide groups is 1. The Labute approximate surface area is 164 Å². The third-order valence-electron chi connectivity index (χ3n) is 5.07. The summed E-state index contributed by atoms with van der Waals surface area (Å²) >= 11 is 0. The van der Waals surface area contributed by atoms with Crippen molar-refractivity contribution >= 4 is 33.4 Å². The van der Waals surface area contributed by atoms with Gasteiger partial charge in [-0.3, -0.25) is 19.3 Å². The lowest BCUT2D eigenvalue weighted by atomic mass is 9.94. The summed E-state index contributed by atoms with van der Waals surface area (Å²) in [6.07, 6.45) is 1.28. The number of amides is 3. The fourth-order valence-corrected chi connectivity index (χ4v) is 5.48. The summed E-state index contributed by atoms with van der Waals surface area (Å²) in [7, 11) is -3.58. The number of anilines is 1. The maximum atomic E-state index is 12.9. The van der Waals surface area contributed by atoms with Crippen molar-refractivity contribution in [2.24, 2.45) is 11.8 Å². The third kappa shape index (κ3) is 4.41. The molecule has 0 spiro atoms. The van der Waals surface area contributed by atoms with Gasteiger partial charge in [-0.05, 0) is 42.5 Å². The zero-order chi connectivity index (χ0) is 20.5. The van der Waals surface area contributed by atoms with Crippen molar-refractivity contribution in [1.82, 2.24) is 9.21 Å². The number of hydrogen-bond donors (Lipinski definition) is 1. The van der Waals surface area contributed by atoms with E-state index < -0.39 is 15.9 Å². The number of sulfonamides is 1. The van der Waals surface area contributed by atoms with Crippen LogP contribution in [0.4, 0.5) is 5.69 Å². The normalized spacial score (nSPS) is 23.9. The van der Waals surface area contributed by atoms with Gasteiger partial charge in [0.25, 0.3) is 0 Å². The van der Waals surface area contributed by atoms with Crippen LogP contribution in [0.3, 0.4) is 0 Å². The second kappa shape index (κ2) is 8.00. The van der Waals surface area contributed by atoms with Crippen molar-refractivity contribution in [2.45, 2.75) is 38.0 Å². The van der Waals surface area contributed by atoms with E-state index in [9.17, 15) is 22.8 Å². The van der Waals surface area contributed by atoms with Gasteiger partial charge in [-0.25, -0.2) is 8.42 Å². The molecular formula is C19H25N3O5S. The second-order valence-corrected chi connectivity index (χ2v) is 9.65. The molecule has 2 heterocycles. The topological polar surface area (TPSA) is 104 Å². The summed E-state index contributed by atoms with van der Waals surface area (Å²) in [5.41, 5.74) is 0.406. The molecule has 8 nitrogen and oxygen atoms in total. The molecule has 9 heteroatoms. The Bertz CT molecular complexity index is 855. The first-order valence-corrected chi connectivity index (χ1v) is 10.8. The Balaban J connectivity index is 1.65. The quantitative estimate of drug-likeness (QED) is 0.744. The molecule has 3 rings (SSSR count). The average molecular weight is 407 g/mol. The second-order valence-electron chi connectivity index (χ2n) is 7.71. The first-order valence-electron chi connectivity index (χ1n) is 9.40. The van der Waals surface area contributed by atoms with Gasteiger partial charge in [0, 0.05) is 31.6 Å². The Morgan fingerprint density at radius 1 is 1.04 bits per heavy atom. The van der Waals surface area contributed by atoms with E-state index >= 15 is 0 Å². The van der Waals surface area contributed by atoms with E-state index in [1.54, 1.807) is 0 Å². The number of piperidine rings is 1. The number of nitrogens with zero attached hydrogens (tertiary/aromatic N) is 2. The van der Waals surface area contributed by atoms with Crippen LogP contribution in [-0.2, 0) is 24.4 Å². The molecule has 2 saturated heterocycles. The zero-order valence-corrected chi connectivity index (χ0v) is 16.9. The first kappa shape index (κ1) is 20.5. The van der Waals surface area contributed by atoms with E-state index in [1.165, 1.54) is 28.6 Å². The molecule has 0 saturated carbocycles. The van der Waals surface area contributed by atoms with Crippen LogP contribution in [0.1, 0.15) is 33.1 Å². The largest absolute Gasteiger partial charge is 0.325 e. The van der Waals surface area contributed by atoms with Gasteiger partial charge < -0.3 is 5.32 Å². The minimum absolute atomic E-state index is 0.131. The predicted octanol–water partition coefficient (Wildman–Crippen LogP) is 1.44. The average Bonchev–Trinajstić information content (AvgIpc) is 2.93. The predicted molar refractivity (Wildman–Crippen MR) is 103 cm³/mol. The monoisotopic (exact) mass is 407 g/mol. The summed E-state index contributed by atoms with van der Waals surface area (Å²) < 4.78 is 27.3.